The lowest BCUT2D eigenvalue weighted by molar-refractivity contribution is 0.603. The SMILES string of the molecule is Cc1cc(S(=O)(=O)Nc2cccc(C(N)=S)c2)sc1Cl. The van der Waals surface area contributed by atoms with Gasteiger partial charge in [0.25, 0.3) is 10.0 Å². The highest BCUT2D eigenvalue weighted by Crippen LogP contribution is 2.31. The summed E-state index contributed by atoms with van der Waals surface area (Å²) in [7, 11) is -3.66. The summed E-state index contributed by atoms with van der Waals surface area (Å²) in [6, 6.07) is 8.14. The van der Waals surface area contributed by atoms with Crippen LogP contribution in [0.3, 0.4) is 0 Å². The normalized spacial score (nSPS) is 11.3. The molecule has 0 saturated heterocycles. The van der Waals surface area contributed by atoms with Gasteiger partial charge in [0.2, 0.25) is 0 Å². The molecule has 0 aliphatic carbocycles. The number of nitrogens with one attached hydrogen (secondary N) is 1. The average molecular weight is 347 g/mol. The molecule has 0 amide bonds. The van der Waals surface area contributed by atoms with Crippen LogP contribution in [0.2, 0.25) is 4.34 Å². The van der Waals surface area contributed by atoms with E-state index in [1.807, 2.05) is 0 Å². The largest absolute Gasteiger partial charge is 0.389 e. The Hall–Kier alpha value is -1.15. The van der Waals surface area contributed by atoms with Crippen molar-refractivity contribution in [1.82, 2.24) is 0 Å². The van der Waals surface area contributed by atoms with Gasteiger partial charge in [0.15, 0.2) is 0 Å². The van der Waals surface area contributed by atoms with E-state index < -0.39 is 10.0 Å². The summed E-state index contributed by atoms with van der Waals surface area (Å²) in [5, 5.41) is 0. The molecule has 0 fully saturated rings. The van der Waals surface area contributed by atoms with Crippen LogP contribution >= 0.6 is 35.2 Å². The van der Waals surface area contributed by atoms with Gasteiger partial charge in [-0.1, -0.05) is 36.0 Å². The number of thiophene rings is 1. The molecule has 0 radical (unpaired) electrons. The standard InChI is InChI=1S/C12H11ClN2O2S3/c1-7-5-10(19-11(7)13)20(16,17)15-9-4-2-3-8(6-9)12(14)18/h2-6,15H,1H3,(H2,14,18). The van der Waals surface area contributed by atoms with E-state index in [2.05, 4.69) is 4.72 Å². The Bertz CT molecular complexity index is 749. The first-order chi connectivity index (χ1) is 9.29. The summed E-state index contributed by atoms with van der Waals surface area (Å²) in [6.07, 6.45) is 0. The number of hydrogen-bond donors (Lipinski definition) is 2. The number of rotatable bonds is 4. The molecule has 2 rings (SSSR count). The van der Waals surface area contributed by atoms with Gasteiger partial charge >= 0.3 is 0 Å². The molecule has 2 aromatic rings. The van der Waals surface area contributed by atoms with E-state index in [0.717, 1.165) is 16.9 Å². The second kappa shape index (κ2) is 5.69. The molecule has 0 aliphatic rings. The second-order valence-corrected chi connectivity index (χ2v) is 8.08. The number of aryl methyl sites for hydroxylation is 1. The minimum Gasteiger partial charge on any atom is -0.389 e. The van der Waals surface area contributed by atoms with Crippen molar-refractivity contribution in [3.05, 3.63) is 45.8 Å². The van der Waals surface area contributed by atoms with Gasteiger partial charge in [-0.2, -0.15) is 0 Å². The van der Waals surface area contributed by atoms with Gasteiger partial charge in [0.1, 0.15) is 9.20 Å². The Morgan fingerprint density at radius 3 is 2.65 bits per heavy atom. The maximum atomic E-state index is 12.2. The fourth-order valence-electron chi connectivity index (χ4n) is 1.51. The Balaban J connectivity index is 2.33. The predicted octanol–water partition coefficient (Wildman–Crippen LogP) is 3.14. The molecule has 8 heteroatoms. The number of nitrogens with two attached hydrogens (primary N) is 1. The van der Waals surface area contributed by atoms with Gasteiger partial charge in [-0.3, -0.25) is 4.72 Å². The molecule has 1 aromatic carbocycles. The minimum absolute atomic E-state index is 0.167. The van der Waals surface area contributed by atoms with Crippen LogP contribution in [0.1, 0.15) is 11.1 Å². The van der Waals surface area contributed by atoms with Gasteiger partial charge < -0.3 is 5.73 Å². The summed E-state index contributed by atoms with van der Waals surface area (Å²) < 4.78 is 27.6. The maximum absolute atomic E-state index is 12.2. The van der Waals surface area contributed by atoms with Crippen LogP contribution in [0, 0.1) is 6.92 Å². The summed E-state index contributed by atoms with van der Waals surface area (Å²) >= 11 is 11.8. The lowest BCUT2D eigenvalue weighted by atomic mass is 10.2. The van der Waals surface area contributed by atoms with Crippen molar-refractivity contribution in [3.63, 3.8) is 0 Å². The summed E-state index contributed by atoms with van der Waals surface area (Å²) in [5.74, 6) is 0. The number of anilines is 1. The molecular weight excluding hydrogens is 336 g/mol. The predicted molar refractivity (Wildman–Crippen MR) is 87.2 cm³/mol. The average Bonchev–Trinajstić information content (AvgIpc) is 2.70. The number of benzene rings is 1. The van der Waals surface area contributed by atoms with Crippen LogP contribution in [0.25, 0.3) is 0 Å². The van der Waals surface area contributed by atoms with Crippen LogP contribution in [0.5, 0.6) is 0 Å². The zero-order valence-corrected chi connectivity index (χ0v) is 13.6. The molecule has 0 bridgehead atoms. The minimum atomic E-state index is -3.66. The van der Waals surface area contributed by atoms with E-state index in [1.54, 1.807) is 31.2 Å². The third-order valence-corrected chi connectivity index (χ3v) is 6.14. The monoisotopic (exact) mass is 346 g/mol. The van der Waals surface area contributed by atoms with E-state index >= 15 is 0 Å². The Morgan fingerprint density at radius 1 is 1.40 bits per heavy atom. The summed E-state index contributed by atoms with van der Waals surface area (Å²) in [5.41, 5.74) is 7.25. The Kier molecular flexibility index (Phi) is 4.33. The van der Waals surface area contributed by atoms with Gasteiger partial charge in [0, 0.05) is 11.3 Å². The van der Waals surface area contributed by atoms with Gasteiger partial charge in [0.05, 0.1) is 4.34 Å². The van der Waals surface area contributed by atoms with Crippen molar-refractivity contribution in [1.29, 1.82) is 0 Å². The third kappa shape index (κ3) is 3.29. The first-order valence-corrected chi connectivity index (χ1v) is 8.57. The van der Waals surface area contributed by atoms with E-state index in [4.69, 9.17) is 29.6 Å². The van der Waals surface area contributed by atoms with Crippen molar-refractivity contribution in [3.8, 4) is 0 Å². The zero-order chi connectivity index (χ0) is 14.9. The summed E-state index contributed by atoms with van der Waals surface area (Å²) in [6.45, 7) is 1.76. The van der Waals surface area contributed by atoms with Crippen molar-refractivity contribution >= 4 is 55.9 Å². The van der Waals surface area contributed by atoms with Crippen LogP contribution in [-0.2, 0) is 10.0 Å². The molecule has 0 unspecified atom stereocenters. The topological polar surface area (TPSA) is 72.2 Å². The number of hydrogen-bond acceptors (Lipinski definition) is 4. The molecule has 0 spiro atoms. The Morgan fingerprint density at radius 2 is 2.10 bits per heavy atom. The summed E-state index contributed by atoms with van der Waals surface area (Å²) in [4.78, 5) is 0.209. The molecule has 4 nitrogen and oxygen atoms in total. The van der Waals surface area contributed by atoms with Crippen LogP contribution < -0.4 is 10.5 Å². The number of thiocarbonyl (C=S) groups is 1. The number of halogens is 1. The first-order valence-electron chi connectivity index (χ1n) is 5.48. The quantitative estimate of drug-likeness (QED) is 0.834. The zero-order valence-electron chi connectivity index (χ0n) is 10.4. The molecule has 20 heavy (non-hydrogen) atoms. The van der Waals surface area contributed by atoms with E-state index in [1.165, 1.54) is 6.07 Å². The van der Waals surface area contributed by atoms with Crippen LogP contribution in [0.4, 0.5) is 5.69 Å². The second-order valence-electron chi connectivity index (χ2n) is 4.07. The van der Waals surface area contributed by atoms with Crippen molar-refractivity contribution < 1.29 is 8.42 Å². The van der Waals surface area contributed by atoms with Gasteiger partial charge in [-0.05, 0) is 30.7 Å². The Labute approximate surface area is 131 Å². The lowest BCUT2D eigenvalue weighted by Gasteiger charge is -2.07. The fraction of sp³-hybridized carbons (Fsp3) is 0.0833. The van der Waals surface area contributed by atoms with E-state index in [0.29, 0.717) is 15.6 Å². The molecule has 3 N–H and O–H groups in total. The van der Waals surface area contributed by atoms with E-state index in [9.17, 15) is 8.42 Å². The van der Waals surface area contributed by atoms with Crippen molar-refractivity contribution in [2.24, 2.45) is 5.73 Å². The highest BCUT2D eigenvalue weighted by Gasteiger charge is 2.18. The maximum Gasteiger partial charge on any atom is 0.271 e. The molecule has 106 valence electrons. The molecule has 1 aromatic heterocycles. The molecule has 0 saturated carbocycles. The molecule has 0 atom stereocenters. The third-order valence-electron chi connectivity index (χ3n) is 2.50. The van der Waals surface area contributed by atoms with E-state index in [-0.39, 0.29) is 9.20 Å². The van der Waals surface area contributed by atoms with Crippen molar-refractivity contribution in [2.75, 3.05) is 4.72 Å². The first kappa shape index (κ1) is 15.2. The highest BCUT2D eigenvalue weighted by atomic mass is 35.5. The molecule has 0 aliphatic heterocycles. The van der Waals surface area contributed by atoms with Crippen molar-refractivity contribution in [2.45, 2.75) is 11.1 Å². The fourth-order valence-corrected chi connectivity index (χ4v) is 4.39. The lowest BCUT2D eigenvalue weighted by Crippen LogP contribution is -2.13. The van der Waals surface area contributed by atoms with Gasteiger partial charge in [-0.25, -0.2) is 8.42 Å². The smallest absolute Gasteiger partial charge is 0.271 e. The molecular formula is C12H11ClN2O2S3. The molecule has 1 heterocycles. The number of sulfonamides is 1. The highest BCUT2D eigenvalue weighted by molar-refractivity contribution is 7.94. The van der Waals surface area contributed by atoms with Gasteiger partial charge in [-0.15, -0.1) is 11.3 Å². The van der Waals surface area contributed by atoms with Crippen LogP contribution in [-0.4, -0.2) is 13.4 Å². The van der Waals surface area contributed by atoms with Crippen LogP contribution in [0.15, 0.2) is 34.5 Å².